The third kappa shape index (κ3) is 3.56. The van der Waals surface area contributed by atoms with E-state index in [-0.39, 0.29) is 0 Å². The predicted molar refractivity (Wildman–Crippen MR) is 87.1 cm³/mol. The van der Waals surface area contributed by atoms with E-state index in [4.69, 9.17) is 9.47 Å². The van der Waals surface area contributed by atoms with Gasteiger partial charge in [0.25, 0.3) is 0 Å². The lowest BCUT2D eigenvalue weighted by Gasteiger charge is -2.16. The standard InChI is InChI=1S/C18H23NO2/c1-5-19-12-15-10-17(20-3)18(21-4)11-16(15)14-8-6-7-13(2)9-14/h6-11,19H,5,12H2,1-4H3. The Bertz CT molecular complexity index is 608. The van der Waals surface area contributed by atoms with Crippen LogP contribution < -0.4 is 14.8 Å². The second kappa shape index (κ2) is 7.14. The molecule has 0 heterocycles. The molecule has 2 aromatic rings. The van der Waals surface area contributed by atoms with Gasteiger partial charge in [-0.1, -0.05) is 36.8 Å². The van der Waals surface area contributed by atoms with Gasteiger partial charge in [0.15, 0.2) is 11.5 Å². The SMILES string of the molecule is CCNCc1cc(OC)c(OC)cc1-c1cccc(C)c1. The van der Waals surface area contributed by atoms with Crippen molar-refractivity contribution in [2.75, 3.05) is 20.8 Å². The Balaban J connectivity index is 2.55. The summed E-state index contributed by atoms with van der Waals surface area (Å²) in [5.41, 5.74) is 4.83. The summed E-state index contributed by atoms with van der Waals surface area (Å²) in [6.07, 6.45) is 0. The van der Waals surface area contributed by atoms with Gasteiger partial charge in [-0.15, -0.1) is 0 Å². The number of methoxy groups -OCH3 is 2. The second-order valence-corrected chi connectivity index (χ2v) is 5.01. The third-order valence-corrected chi connectivity index (χ3v) is 3.50. The molecule has 0 aromatic heterocycles. The molecule has 0 fully saturated rings. The van der Waals surface area contributed by atoms with Crippen LogP contribution in [0.2, 0.25) is 0 Å². The van der Waals surface area contributed by atoms with Crippen molar-refractivity contribution in [3.05, 3.63) is 47.5 Å². The van der Waals surface area contributed by atoms with Crippen LogP contribution in [0.3, 0.4) is 0 Å². The van der Waals surface area contributed by atoms with Gasteiger partial charge >= 0.3 is 0 Å². The van der Waals surface area contributed by atoms with Gasteiger partial charge in [0.2, 0.25) is 0 Å². The van der Waals surface area contributed by atoms with Gasteiger partial charge in [0.05, 0.1) is 14.2 Å². The molecule has 0 unspecified atom stereocenters. The minimum absolute atomic E-state index is 0.759. The molecule has 2 aromatic carbocycles. The lowest BCUT2D eigenvalue weighted by atomic mass is 9.97. The van der Waals surface area contributed by atoms with Gasteiger partial charge in [-0.05, 0) is 42.3 Å². The van der Waals surface area contributed by atoms with Crippen molar-refractivity contribution in [3.63, 3.8) is 0 Å². The number of ether oxygens (including phenoxy) is 2. The molecule has 0 radical (unpaired) electrons. The number of nitrogens with one attached hydrogen (secondary N) is 1. The van der Waals surface area contributed by atoms with E-state index in [0.717, 1.165) is 24.6 Å². The van der Waals surface area contributed by atoms with Crippen molar-refractivity contribution in [3.8, 4) is 22.6 Å². The highest BCUT2D eigenvalue weighted by Crippen LogP contribution is 2.36. The Kier molecular flexibility index (Phi) is 5.23. The lowest BCUT2D eigenvalue weighted by Crippen LogP contribution is -2.13. The van der Waals surface area contributed by atoms with Gasteiger partial charge in [0.1, 0.15) is 0 Å². The van der Waals surface area contributed by atoms with Crippen LogP contribution in [0.25, 0.3) is 11.1 Å². The van der Waals surface area contributed by atoms with E-state index >= 15 is 0 Å². The number of aryl methyl sites for hydroxylation is 1. The lowest BCUT2D eigenvalue weighted by molar-refractivity contribution is 0.354. The van der Waals surface area contributed by atoms with E-state index in [2.05, 4.69) is 55.6 Å². The average molecular weight is 285 g/mol. The zero-order chi connectivity index (χ0) is 15.2. The predicted octanol–water partition coefficient (Wildman–Crippen LogP) is 3.79. The van der Waals surface area contributed by atoms with Gasteiger partial charge < -0.3 is 14.8 Å². The number of rotatable bonds is 6. The van der Waals surface area contributed by atoms with Crippen LogP contribution in [0.4, 0.5) is 0 Å². The highest BCUT2D eigenvalue weighted by atomic mass is 16.5. The Morgan fingerprint density at radius 3 is 2.33 bits per heavy atom. The van der Waals surface area contributed by atoms with E-state index < -0.39 is 0 Å². The smallest absolute Gasteiger partial charge is 0.161 e. The Hall–Kier alpha value is -2.00. The third-order valence-electron chi connectivity index (χ3n) is 3.50. The molecule has 21 heavy (non-hydrogen) atoms. The van der Waals surface area contributed by atoms with E-state index in [1.165, 1.54) is 22.3 Å². The van der Waals surface area contributed by atoms with Crippen molar-refractivity contribution in [2.24, 2.45) is 0 Å². The van der Waals surface area contributed by atoms with Crippen LogP contribution in [0.15, 0.2) is 36.4 Å². The molecule has 0 aliphatic carbocycles. The first-order valence-electron chi connectivity index (χ1n) is 7.22. The fraction of sp³-hybridized carbons (Fsp3) is 0.333. The number of hydrogen-bond donors (Lipinski definition) is 1. The quantitative estimate of drug-likeness (QED) is 0.876. The Labute approximate surface area is 126 Å². The maximum Gasteiger partial charge on any atom is 0.161 e. The van der Waals surface area contributed by atoms with E-state index in [0.29, 0.717) is 0 Å². The minimum Gasteiger partial charge on any atom is -0.493 e. The molecule has 3 heteroatoms. The van der Waals surface area contributed by atoms with Crippen molar-refractivity contribution in [1.29, 1.82) is 0 Å². The van der Waals surface area contributed by atoms with Crippen LogP contribution in [-0.2, 0) is 6.54 Å². The Morgan fingerprint density at radius 1 is 1.00 bits per heavy atom. The maximum absolute atomic E-state index is 5.44. The monoisotopic (exact) mass is 285 g/mol. The van der Waals surface area contributed by atoms with Crippen molar-refractivity contribution in [2.45, 2.75) is 20.4 Å². The van der Waals surface area contributed by atoms with Crippen molar-refractivity contribution >= 4 is 0 Å². The summed E-state index contributed by atoms with van der Waals surface area (Å²) in [5, 5.41) is 3.38. The van der Waals surface area contributed by atoms with Gasteiger partial charge in [-0.3, -0.25) is 0 Å². The topological polar surface area (TPSA) is 30.5 Å². The fourth-order valence-corrected chi connectivity index (χ4v) is 2.41. The molecule has 2 rings (SSSR count). The molecule has 0 bridgehead atoms. The highest BCUT2D eigenvalue weighted by molar-refractivity contribution is 5.71. The molecule has 0 atom stereocenters. The number of benzene rings is 2. The van der Waals surface area contributed by atoms with Crippen LogP contribution in [0, 0.1) is 6.92 Å². The summed E-state index contributed by atoms with van der Waals surface area (Å²) >= 11 is 0. The van der Waals surface area contributed by atoms with Crippen LogP contribution in [0.5, 0.6) is 11.5 Å². The molecule has 112 valence electrons. The summed E-state index contributed by atoms with van der Waals surface area (Å²) in [7, 11) is 3.34. The normalized spacial score (nSPS) is 10.5. The minimum atomic E-state index is 0.759. The molecular formula is C18H23NO2. The van der Waals surface area contributed by atoms with E-state index in [1.54, 1.807) is 14.2 Å². The zero-order valence-electron chi connectivity index (χ0n) is 13.2. The second-order valence-electron chi connectivity index (χ2n) is 5.01. The average Bonchev–Trinajstić information content (AvgIpc) is 2.52. The molecule has 0 amide bonds. The van der Waals surface area contributed by atoms with E-state index in [9.17, 15) is 0 Å². The summed E-state index contributed by atoms with van der Waals surface area (Å²) in [4.78, 5) is 0. The molecule has 3 nitrogen and oxygen atoms in total. The summed E-state index contributed by atoms with van der Waals surface area (Å²) < 4.78 is 10.9. The first-order chi connectivity index (χ1) is 10.2. The van der Waals surface area contributed by atoms with Gasteiger partial charge in [-0.25, -0.2) is 0 Å². The molecule has 1 N–H and O–H groups in total. The first-order valence-corrected chi connectivity index (χ1v) is 7.22. The van der Waals surface area contributed by atoms with Crippen molar-refractivity contribution in [1.82, 2.24) is 5.32 Å². The highest BCUT2D eigenvalue weighted by Gasteiger charge is 2.12. The van der Waals surface area contributed by atoms with Crippen molar-refractivity contribution < 1.29 is 9.47 Å². The Morgan fingerprint density at radius 2 is 1.71 bits per heavy atom. The molecule has 0 saturated carbocycles. The van der Waals surface area contributed by atoms with Crippen LogP contribution >= 0.6 is 0 Å². The molecule has 0 aliphatic heterocycles. The molecule has 0 aliphatic rings. The molecular weight excluding hydrogens is 262 g/mol. The van der Waals surface area contributed by atoms with Crippen LogP contribution in [-0.4, -0.2) is 20.8 Å². The largest absolute Gasteiger partial charge is 0.493 e. The van der Waals surface area contributed by atoms with E-state index in [1.807, 2.05) is 0 Å². The summed E-state index contributed by atoms with van der Waals surface area (Å²) in [6, 6.07) is 12.6. The molecule has 0 saturated heterocycles. The number of hydrogen-bond acceptors (Lipinski definition) is 3. The zero-order valence-corrected chi connectivity index (χ0v) is 13.2. The summed E-state index contributed by atoms with van der Waals surface area (Å²) in [5.74, 6) is 1.52. The molecule has 0 spiro atoms. The van der Waals surface area contributed by atoms with Gasteiger partial charge in [0, 0.05) is 6.54 Å². The summed E-state index contributed by atoms with van der Waals surface area (Å²) in [6.45, 7) is 5.95. The van der Waals surface area contributed by atoms with Gasteiger partial charge in [-0.2, -0.15) is 0 Å². The maximum atomic E-state index is 5.44. The first kappa shape index (κ1) is 15.4. The fourth-order valence-electron chi connectivity index (χ4n) is 2.41. The van der Waals surface area contributed by atoms with Crippen LogP contribution in [0.1, 0.15) is 18.1 Å².